The normalized spacial score (nSPS) is 19.8. The maximum Gasteiger partial charge on any atom is 0.243 e. The zero-order chi connectivity index (χ0) is 15.3. The number of benzene rings is 1. The smallest absolute Gasteiger partial charge is 0.243 e. The fraction of sp³-hybridized carbons (Fsp3) is 0.467. The number of aliphatic hydroxyl groups excluding tert-OH is 1. The second-order valence-corrected chi connectivity index (χ2v) is 6.79. The highest BCUT2D eigenvalue weighted by Crippen LogP contribution is 2.19. The van der Waals surface area contributed by atoms with Crippen LogP contribution in [-0.2, 0) is 14.8 Å². The van der Waals surface area contributed by atoms with E-state index in [4.69, 9.17) is 9.84 Å². The van der Waals surface area contributed by atoms with Crippen LogP contribution in [0.2, 0.25) is 0 Å². The summed E-state index contributed by atoms with van der Waals surface area (Å²) >= 11 is 0. The molecule has 0 aliphatic carbocycles. The predicted molar refractivity (Wildman–Crippen MR) is 79.2 cm³/mol. The summed E-state index contributed by atoms with van der Waals surface area (Å²) in [5, 5.41) is 8.71. The van der Waals surface area contributed by atoms with Gasteiger partial charge in [0, 0.05) is 25.1 Å². The lowest BCUT2D eigenvalue weighted by Gasteiger charge is -2.30. The first-order chi connectivity index (χ1) is 10.0. The van der Waals surface area contributed by atoms with Crippen LogP contribution in [0.15, 0.2) is 29.2 Å². The Hall–Kier alpha value is -1.39. The van der Waals surface area contributed by atoms with E-state index in [1.54, 1.807) is 24.3 Å². The minimum Gasteiger partial charge on any atom is -0.395 e. The lowest BCUT2D eigenvalue weighted by Crippen LogP contribution is -2.44. The molecule has 0 saturated carbocycles. The molecule has 0 radical (unpaired) electrons. The lowest BCUT2D eigenvalue weighted by molar-refractivity contribution is 0.0102. The van der Waals surface area contributed by atoms with Gasteiger partial charge in [-0.15, -0.1) is 0 Å². The van der Waals surface area contributed by atoms with Crippen molar-refractivity contribution in [2.45, 2.75) is 24.3 Å². The minimum absolute atomic E-state index is 0.00332. The van der Waals surface area contributed by atoms with E-state index in [9.17, 15) is 8.42 Å². The molecular weight excluding hydrogens is 290 g/mol. The van der Waals surface area contributed by atoms with E-state index in [1.807, 2.05) is 6.92 Å². The summed E-state index contributed by atoms with van der Waals surface area (Å²) in [7, 11) is -3.51. The summed E-state index contributed by atoms with van der Waals surface area (Å²) in [6, 6.07) is 6.58. The number of aliphatic hydroxyl groups is 1. The minimum atomic E-state index is -3.51. The van der Waals surface area contributed by atoms with E-state index in [1.165, 1.54) is 4.31 Å². The quantitative estimate of drug-likeness (QED) is 0.840. The zero-order valence-electron chi connectivity index (χ0n) is 11.9. The van der Waals surface area contributed by atoms with Crippen molar-refractivity contribution < 1.29 is 18.3 Å². The summed E-state index contributed by atoms with van der Waals surface area (Å²) < 4.78 is 32.0. The largest absolute Gasteiger partial charge is 0.395 e. The maximum absolute atomic E-state index is 12.6. The molecule has 1 aromatic carbocycles. The second-order valence-electron chi connectivity index (χ2n) is 4.85. The van der Waals surface area contributed by atoms with Crippen molar-refractivity contribution in [3.8, 4) is 11.8 Å². The van der Waals surface area contributed by atoms with Gasteiger partial charge < -0.3 is 9.84 Å². The highest BCUT2D eigenvalue weighted by Gasteiger charge is 2.29. The first-order valence-electron chi connectivity index (χ1n) is 6.85. The highest BCUT2D eigenvalue weighted by molar-refractivity contribution is 7.89. The molecule has 1 heterocycles. The second kappa shape index (κ2) is 7.05. The van der Waals surface area contributed by atoms with Gasteiger partial charge in [-0.25, -0.2) is 8.42 Å². The molecule has 114 valence electrons. The number of sulfonamides is 1. The molecule has 0 amide bonds. The molecule has 0 bridgehead atoms. The molecule has 1 fully saturated rings. The van der Waals surface area contributed by atoms with Crippen LogP contribution < -0.4 is 0 Å². The summed E-state index contributed by atoms with van der Waals surface area (Å²) in [6.45, 7) is 3.00. The van der Waals surface area contributed by atoms with E-state index in [0.29, 0.717) is 31.7 Å². The van der Waals surface area contributed by atoms with Crippen molar-refractivity contribution in [3.63, 3.8) is 0 Å². The molecule has 1 aromatic rings. The molecule has 0 aromatic heterocycles. The molecule has 1 N–H and O–H groups in total. The Morgan fingerprint density at radius 3 is 3.00 bits per heavy atom. The van der Waals surface area contributed by atoms with Crippen molar-refractivity contribution in [1.82, 2.24) is 4.31 Å². The van der Waals surface area contributed by atoms with E-state index >= 15 is 0 Å². The first-order valence-corrected chi connectivity index (χ1v) is 8.29. The van der Waals surface area contributed by atoms with E-state index in [2.05, 4.69) is 11.8 Å². The van der Waals surface area contributed by atoms with Gasteiger partial charge in [-0.3, -0.25) is 0 Å². The molecule has 1 unspecified atom stereocenters. The molecule has 21 heavy (non-hydrogen) atoms. The Bertz CT molecular complexity index is 645. The van der Waals surface area contributed by atoms with Crippen molar-refractivity contribution in [3.05, 3.63) is 29.8 Å². The molecule has 1 aliphatic heterocycles. The van der Waals surface area contributed by atoms with Crippen molar-refractivity contribution in [2.75, 3.05) is 26.3 Å². The van der Waals surface area contributed by atoms with E-state index in [-0.39, 0.29) is 17.6 Å². The third-order valence-corrected chi connectivity index (χ3v) is 5.01. The average molecular weight is 309 g/mol. The van der Waals surface area contributed by atoms with Crippen LogP contribution in [0.3, 0.4) is 0 Å². The Morgan fingerprint density at radius 1 is 1.48 bits per heavy atom. The third-order valence-electron chi connectivity index (χ3n) is 3.15. The fourth-order valence-electron chi connectivity index (χ4n) is 2.11. The third kappa shape index (κ3) is 4.05. The van der Waals surface area contributed by atoms with Crippen LogP contribution >= 0.6 is 0 Å². The molecule has 1 atom stereocenters. The summed E-state index contributed by atoms with van der Waals surface area (Å²) in [5.74, 6) is 5.64. The molecule has 2 rings (SSSR count). The average Bonchev–Trinajstić information content (AvgIpc) is 2.48. The SMILES string of the molecule is CC1CN(S(=O)(=O)c2cccc(C#CCCO)c2)CCO1. The van der Waals surface area contributed by atoms with Gasteiger partial charge in [0.25, 0.3) is 0 Å². The van der Waals surface area contributed by atoms with Crippen LogP contribution in [-0.4, -0.2) is 50.2 Å². The monoisotopic (exact) mass is 309 g/mol. The molecule has 5 nitrogen and oxygen atoms in total. The molecule has 6 heteroatoms. The van der Waals surface area contributed by atoms with E-state index < -0.39 is 10.0 Å². The first kappa shape index (κ1) is 16.0. The van der Waals surface area contributed by atoms with Gasteiger partial charge in [0.2, 0.25) is 10.0 Å². The number of hydrogen-bond donors (Lipinski definition) is 1. The van der Waals surface area contributed by atoms with Gasteiger partial charge in [-0.2, -0.15) is 4.31 Å². The Morgan fingerprint density at radius 2 is 2.29 bits per heavy atom. The molecule has 0 spiro atoms. The van der Waals surface area contributed by atoms with Gasteiger partial charge >= 0.3 is 0 Å². The standard InChI is InChI=1S/C15H19NO4S/c1-13-12-16(8-10-20-13)21(18,19)15-7-4-6-14(11-15)5-2-3-9-17/h4,6-7,11,13,17H,3,8-10,12H2,1H3. The predicted octanol–water partition coefficient (Wildman–Crippen LogP) is 0.830. The lowest BCUT2D eigenvalue weighted by atomic mass is 10.2. The van der Waals surface area contributed by atoms with Crippen molar-refractivity contribution >= 4 is 10.0 Å². The number of hydrogen-bond acceptors (Lipinski definition) is 4. The Labute approximate surface area is 125 Å². The summed E-state index contributed by atoms with van der Waals surface area (Å²) in [5.41, 5.74) is 0.630. The number of rotatable bonds is 3. The summed E-state index contributed by atoms with van der Waals surface area (Å²) in [4.78, 5) is 0.243. The zero-order valence-corrected chi connectivity index (χ0v) is 12.8. The molecular formula is C15H19NO4S. The van der Waals surface area contributed by atoms with Gasteiger partial charge in [0.15, 0.2) is 0 Å². The number of nitrogens with zero attached hydrogens (tertiary/aromatic N) is 1. The Balaban J connectivity index is 2.24. The fourth-order valence-corrected chi connectivity index (χ4v) is 3.65. The van der Waals surface area contributed by atoms with Crippen molar-refractivity contribution in [2.24, 2.45) is 0 Å². The Kier molecular flexibility index (Phi) is 5.37. The van der Waals surface area contributed by atoms with Crippen LogP contribution in [0.4, 0.5) is 0 Å². The van der Waals surface area contributed by atoms with Gasteiger partial charge in [-0.1, -0.05) is 17.9 Å². The van der Waals surface area contributed by atoms with Crippen LogP contribution in [0.1, 0.15) is 18.9 Å². The van der Waals surface area contributed by atoms with Gasteiger partial charge in [-0.05, 0) is 25.1 Å². The topological polar surface area (TPSA) is 66.8 Å². The van der Waals surface area contributed by atoms with Crippen molar-refractivity contribution in [1.29, 1.82) is 0 Å². The van der Waals surface area contributed by atoms with E-state index in [0.717, 1.165) is 0 Å². The van der Waals surface area contributed by atoms with Gasteiger partial charge in [0.1, 0.15) is 0 Å². The van der Waals surface area contributed by atoms with Gasteiger partial charge in [0.05, 0.1) is 24.2 Å². The highest BCUT2D eigenvalue weighted by atomic mass is 32.2. The van der Waals surface area contributed by atoms with Crippen LogP contribution in [0.5, 0.6) is 0 Å². The summed E-state index contributed by atoms with van der Waals surface area (Å²) in [6.07, 6.45) is 0.277. The van der Waals surface area contributed by atoms with Crippen LogP contribution in [0, 0.1) is 11.8 Å². The molecule has 1 aliphatic rings. The number of ether oxygens (including phenoxy) is 1. The maximum atomic E-state index is 12.6. The van der Waals surface area contributed by atoms with Crippen LogP contribution in [0.25, 0.3) is 0 Å². The number of morpholine rings is 1. The molecule has 1 saturated heterocycles.